The first-order valence-corrected chi connectivity index (χ1v) is 11.6. The molecule has 0 aliphatic heterocycles. The molecule has 0 fully saturated rings. The van der Waals surface area contributed by atoms with E-state index in [2.05, 4.69) is 67.8 Å². The topological polar surface area (TPSA) is 39.9 Å². The summed E-state index contributed by atoms with van der Waals surface area (Å²) < 4.78 is 7.63. The lowest BCUT2D eigenvalue weighted by molar-refractivity contribution is 0.0796. The van der Waals surface area contributed by atoms with E-state index < -0.39 is 8.07 Å². The van der Waals surface area contributed by atoms with Crippen molar-refractivity contribution >= 4 is 8.07 Å². The van der Waals surface area contributed by atoms with Gasteiger partial charge in [0.2, 0.25) is 0 Å². The monoisotopic (exact) mass is 317 g/mol. The van der Waals surface area contributed by atoms with Gasteiger partial charge in [-0.05, 0) is 23.6 Å². The first-order valence-electron chi connectivity index (χ1n) is 7.93. The van der Waals surface area contributed by atoms with Crippen LogP contribution >= 0.6 is 0 Å². The summed E-state index contributed by atoms with van der Waals surface area (Å²) in [5.74, 6) is 1.37. The van der Waals surface area contributed by atoms with Crippen LogP contribution in [0.2, 0.25) is 25.7 Å². The van der Waals surface area contributed by atoms with Crippen LogP contribution in [0.25, 0.3) is 11.4 Å². The number of benzene rings is 1. The summed E-state index contributed by atoms with van der Waals surface area (Å²) in [6.45, 7) is 12.7. The van der Waals surface area contributed by atoms with Gasteiger partial charge in [0.25, 0.3) is 0 Å². The first-order chi connectivity index (χ1) is 10.4. The van der Waals surface area contributed by atoms with Crippen molar-refractivity contribution in [2.24, 2.45) is 0 Å². The number of hydrogen-bond donors (Lipinski definition) is 0. The average Bonchev–Trinajstić information content (AvgIpc) is 2.91. The Balaban J connectivity index is 2.05. The van der Waals surface area contributed by atoms with Gasteiger partial charge in [0.15, 0.2) is 5.82 Å². The molecule has 0 unspecified atom stereocenters. The molecule has 0 saturated carbocycles. The third-order valence-electron chi connectivity index (χ3n) is 3.64. The van der Waals surface area contributed by atoms with E-state index in [1.165, 1.54) is 11.6 Å². The lowest BCUT2D eigenvalue weighted by Crippen LogP contribution is -2.22. The molecule has 0 radical (unpaired) electrons. The average molecular weight is 318 g/mol. The van der Waals surface area contributed by atoms with Crippen LogP contribution in [0.4, 0.5) is 0 Å². The van der Waals surface area contributed by atoms with E-state index in [4.69, 9.17) is 4.74 Å². The molecule has 0 spiro atoms. The normalized spacial score (nSPS) is 12.1. The van der Waals surface area contributed by atoms with Crippen molar-refractivity contribution in [3.8, 4) is 11.4 Å². The summed E-state index contributed by atoms with van der Waals surface area (Å²) in [5.41, 5.74) is 2.41. The predicted octanol–water partition coefficient (Wildman–Crippen LogP) is 4.38. The van der Waals surface area contributed by atoms with Crippen LogP contribution in [0.15, 0.2) is 30.6 Å². The van der Waals surface area contributed by atoms with Crippen molar-refractivity contribution < 1.29 is 4.74 Å². The summed E-state index contributed by atoms with van der Waals surface area (Å²) in [6.07, 6.45) is 1.60. The van der Waals surface area contributed by atoms with Crippen molar-refractivity contribution in [1.82, 2.24) is 14.8 Å². The molecule has 0 saturated heterocycles. The number of rotatable bonds is 7. The SMILES string of the molecule is CC(C)c1cccc(-c2ncnn2COCC[Si](C)(C)C)c1. The molecule has 2 aromatic rings. The van der Waals surface area contributed by atoms with Crippen molar-refractivity contribution in [1.29, 1.82) is 0 Å². The minimum absolute atomic E-state index is 0.464. The van der Waals surface area contributed by atoms with Crippen molar-refractivity contribution in [2.45, 2.75) is 52.2 Å². The summed E-state index contributed by atoms with van der Waals surface area (Å²) in [7, 11) is -1.05. The summed E-state index contributed by atoms with van der Waals surface area (Å²) >= 11 is 0. The Bertz CT molecular complexity index is 602. The van der Waals surface area contributed by atoms with E-state index in [1.807, 2.05) is 4.68 Å². The molecular formula is C17H27N3OSi. The molecule has 1 aromatic heterocycles. The highest BCUT2D eigenvalue weighted by Gasteiger charge is 2.13. The molecule has 2 rings (SSSR count). The lowest BCUT2D eigenvalue weighted by Gasteiger charge is -2.15. The highest BCUT2D eigenvalue weighted by molar-refractivity contribution is 6.76. The highest BCUT2D eigenvalue weighted by Crippen LogP contribution is 2.22. The van der Waals surface area contributed by atoms with E-state index in [0.717, 1.165) is 18.0 Å². The number of hydrogen-bond acceptors (Lipinski definition) is 3. The predicted molar refractivity (Wildman–Crippen MR) is 93.7 cm³/mol. The molecule has 1 aromatic carbocycles. The first kappa shape index (κ1) is 16.9. The molecule has 0 aliphatic carbocycles. The third kappa shape index (κ3) is 4.78. The Morgan fingerprint density at radius 2 is 2.00 bits per heavy atom. The van der Waals surface area contributed by atoms with Gasteiger partial charge in [-0.2, -0.15) is 5.10 Å². The van der Waals surface area contributed by atoms with Crippen molar-refractivity contribution in [3.05, 3.63) is 36.2 Å². The van der Waals surface area contributed by atoms with Crippen LogP contribution in [0, 0.1) is 0 Å². The Hall–Kier alpha value is -1.46. The van der Waals surface area contributed by atoms with E-state index in [9.17, 15) is 0 Å². The summed E-state index contributed by atoms with van der Waals surface area (Å²) in [4.78, 5) is 4.39. The summed E-state index contributed by atoms with van der Waals surface area (Å²) in [6, 6.07) is 9.66. The van der Waals surface area contributed by atoms with Gasteiger partial charge in [-0.15, -0.1) is 0 Å². The fourth-order valence-corrected chi connectivity index (χ4v) is 2.91. The van der Waals surface area contributed by atoms with Gasteiger partial charge in [0.1, 0.15) is 13.1 Å². The second-order valence-corrected chi connectivity index (χ2v) is 12.8. The van der Waals surface area contributed by atoms with E-state index in [1.54, 1.807) is 6.33 Å². The van der Waals surface area contributed by atoms with Crippen LogP contribution in [0.3, 0.4) is 0 Å². The largest absolute Gasteiger partial charge is 0.359 e. The fourth-order valence-electron chi connectivity index (χ4n) is 2.15. The summed E-state index contributed by atoms with van der Waals surface area (Å²) in [5, 5.41) is 4.29. The number of ether oxygens (including phenoxy) is 1. The Kier molecular flexibility index (Phi) is 5.53. The molecule has 0 N–H and O–H groups in total. The third-order valence-corrected chi connectivity index (χ3v) is 5.34. The van der Waals surface area contributed by atoms with Crippen LogP contribution in [0.5, 0.6) is 0 Å². The van der Waals surface area contributed by atoms with Gasteiger partial charge in [0, 0.05) is 20.2 Å². The van der Waals surface area contributed by atoms with Gasteiger partial charge >= 0.3 is 0 Å². The van der Waals surface area contributed by atoms with Gasteiger partial charge in [-0.3, -0.25) is 0 Å². The number of nitrogens with zero attached hydrogens (tertiary/aromatic N) is 3. The highest BCUT2D eigenvalue weighted by atomic mass is 28.3. The fraction of sp³-hybridized carbons (Fsp3) is 0.529. The molecule has 0 amide bonds. The van der Waals surface area contributed by atoms with Crippen molar-refractivity contribution in [3.63, 3.8) is 0 Å². The zero-order valence-corrected chi connectivity index (χ0v) is 15.3. The van der Waals surface area contributed by atoms with Crippen LogP contribution in [-0.2, 0) is 11.5 Å². The number of aromatic nitrogens is 3. The molecule has 5 heteroatoms. The van der Waals surface area contributed by atoms with Crippen LogP contribution < -0.4 is 0 Å². The smallest absolute Gasteiger partial charge is 0.160 e. The molecular weight excluding hydrogens is 290 g/mol. The minimum atomic E-state index is -1.05. The van der Waals surface area contributed by atoms with Gasteiger partial charge < -0.3 is 4.74 Å². The lowest BCUT2D eigenvalue weighted by atomic mass is 10.0. The quantitative estimate of drug-likeness (QED) is 0.562. The van der Waals surface area contributed by atoms with Gasteiger partial charge in [0.05, 0.1) is 0 Å². The Morgan fingerprint density at radius 3 is 2.68 bits per heavy atom. The molecule has 4 nitrogen and oxygen atoms in total. The molecule has 22 heavy (non-hydrogen) atoms. The van der Waals surface area contributed by atoms with E-state index in [0.29, 0.717) is 12.6 Å². The molecule has 1 heterocycles. The van der Waals surface area contributed by atoms with E-state index in [-0.39, 0.29) is 0 Å². The molecule has 0 aliphatic rings. The maximum absolute atomic E-state index is 5.79. The Labute approximate surface area is 134 Å². The second-order valence-electron chi connectivity index (χ2n) is 7.21. The van der Waals surface area contributed by atoms with E-state index >= 15 is 0 Å². The second kappa shape index (κ2) is 7.20. The standard InChI is InChI=1S/C17H27N3OSi/c1-14(2)15-7-6-8-16(11-15)17-18-12-19-20(17)13-21-9-10-22(3,4)5/h6-8,11-12,14H,9-10,13H2,1-5H3. The minimum Gasteiger partial charge on any atom is -0.359 e. The van der Waals surface area contributed by atoms with Gasteiger partial charge in [-0.1, -0.05) is 51.7 Å². The van der Waals surface area contributed by atoms with Crippen molar-refractivity contribution in [2.75, 3.05) is 6.61 Å². The molecule has 120 valence electrons. The zero-order chi connectivity index (χ0) is 16.2. The molecule has 0 atom stereocenters. The zero-order valence-electron chi connectivity index (χ0n) is 14.3. The Morgan fingerprint density at radius 1 is 1.23 bits per heavy atom. The maximum atomic E-state index is 5.79. The van der Waals surface area contributed by atoms with Crippen LogP contribution in [0.1, 0.15) is 25.3 Å². The molecule has 0 bridgehead atoms. The van der Waals surface area contributed by atoms with Gasteiger partial charge in [-0.25, -0.2) is 9.67 Å². The van der Waals surface area contributed by atoms with Crippen LogP contribution in [-0.4, -0.2) is 29.4 Å². The maximum Gasteiger partial charge on any atom is 0.160 e.